The Morgan fingerprint density at radius 3 is 2.50 bits per heavy atom. The van der Waals surface area contributed by atoms with Crippen LogP contribution in [0, 0.1) is 0 Å². The van der Waals surface area contributed by atoms with Gasteiger partial charge in [-0.3, -0.25) is 9.88 Å². The van der Waals surface area contributed by atoms with Crippen molar-refractivity contribution in [2.75, 3.05) is 13.6 Å². The molecule has 0 saturated heterocycles. The van der Waals surface area contributed by atoms with E-state index in [1.165, 1.54) is 11.1 Å². The van der Waals surface area contributed by atoms with Gasteiger partial charge in [-0.2, -0.15) is 0 Å². The molecule has 0 amide bonds. The Morgan fingerprint density at radius 1 is 1.00 bits per heavy atom. The first-order chi connectivity index (χ1) is 14.2. The van der Waals surface area contributed by atoms with Crippen molar-refractivity contribution in [1.82, 2.24) is 20.5 Å². The van der Waals surface area contributed by atoms with Gasteiger partial charge >= 0.3 is 0 Å². The fourth-order valence-corrected chi connectivity index (χ4v) is 3.06. The third-order valence-corrected chi connectivity index (χ3v) is 4.48. The summed E-state index contributed by atoms with van der Waals surface area (Å²) < 4.78 is 5.46. The smallest absolute Gasteiger partial charge is 0.191 e. The van der Waals surface area contributed by atoms with E-state index in [0.717, 1.165) is 37.0 Å². The van der Waals surface area contributed by atoms with Crippen molar-refractivity contribution >= 4 is 29.9 Å². The summed E-state index contributed by atoms with van der Waals surface area (Å²) in [4.78, 5) is 11.4. The average molecular weight is 519 g/mol. The minimum absolute atomic E-state index is 0. The lowest BCUT2D eigenvalue weighted by molar-refractivity contribution is 0.287. The van der Waals surface area contributed by atoms with Gasteiger partial charge in [-0.25, -0.2) is 4.99 Å². The second-order valence-electron chi connectivity index (χ2n) is 6.89. The van der Waals surface area contributed by atoms with Crippen LogP contribution >= 0.6 is 24.0 Å². The highest BCUT2D eigenvalue weighted by Gasteiger charge is 2.08. The van der Waals surface area contributed by atoms with Gasteiger partial charge in [-0.1, -0.05) is 30.3 Å². The molecule has 160 valence electrons. The first kappa shape index (κ1) is 23.9. The summed E-state index contributed by atoms with van der Waals surface area (Å²) in [7, 11) is 2.10. The summed E-state index contributed by atoms with van der Waals surface area (Å²) in [6.07, 6.45) is 3.52. The molecule has 0 aliphatic carbocycles. The predicted molar refractivity (Wildman–Crippen MR) is 132 cm³/mol. The molecule has 0 radical (unpaired) electrons. The maximum absolute atomic E-state index is 5.46. The second kappa shape index (κ2) is 13.0. The fourth-order valence-electron chi connectivity index (χ4n) is 3.06. The topological polar surface area (TPSA) is 65.7 Å². The third-order valence-electron chi connectivity index (χ3n) is 4.48. The number of nitrogens with one attached hydrogen (secondary N) is 2. The van der Waals surface area contributed by atoms with Crippen LogP contribution < -0.4 is 10.6 Å². The van der Waals surface area contributed by atoms with E-state index in [-0.39, 0.29) is 24.0 Å². The second-order valence-corrected chi connectivity index (χ2v) is 6.89. The van der Waals surface area contributed by atoms with E-state index >= 15 is 0 Å². The van der Waals surface area contributed by atoms with E-state index in [0.29, 0.717) is 13.1 Å². The van der Waals surface area contributed by atoms with Crippen LogP contribution in [0.15, 0.2) is 76.5 Å². The Labute approximate surface area is 195 Å². The van der Waals surface area contributed by atoms with E-state index in [1.54, 1.807) is 12.5 Å². The summed E-state index contributed by atoms with van der Waals surface area (Å²) >= 11 is 0. The Kier molecular flexibility index (Phi) is 10.4. The van der Waals surface area contributed by atoms with Crippen LogP contribution in [0.25, 0.3) is 0 Å². The Morgan fingerprint density at radius 2 is 1.80 bits per heavy atom. The number of halogens is 1. The standard InChI is InChI=1S/C23H29N5O.HI/c1-3-24-23(27-16-21-11-6-7-13-25-21)26-15-19-9-4-5-10-20(19)17-28(2)18-22-12-8-14-29-22;/h4-14H,3,15-18H2,1-2H3,(H2,24,26,27);1H. The van der Waals surface area contributed by atoms with Gasteiger partial charge in [-0.05, 0) is 49.4 Å². The molecule has 7 heteroatoms. The highest BCUT2D eigenvalue weighted by atomic mass is 127. The van der Waals surface area contributed by atoms with E-state index in [4.69, 9.17) is 9.41 Å². The summed E-state index contributed by atoms with van der Waals surface area (Å²) in [5.41, 5.74) is 3.47. The van der Waals surface area contributed by atoms with Crippen LogP contribution in [0.1, 0.15) is 29.5 Å². The van der Waals surface area contributed by atoms with Crippen LogP contribution in [0.2, 0.25) is 0 Å². The van der Waals surface area contributed by atoms with Crippen molar-refractivity contribution in [2.24, 2.45) is 4.99 Å². The molecule has 3 aromatic rings. The SMILES string of the molecule is CCNC(=NCc1ccccc1CN(C)Cc1ccco1)NCc1ccccn1.I. The van der Waals surface area contributed by atoms with Crippen molar-refractivity contribution in [3.05, 3.63) is 89.6 Å². The van der Waals surface area contributed by atoms with E-state index < -0.39 is 0 Å². The number of aromatic nitrogens is 1. The first-order valence-corrected chi connectivity index (χ1v) is 9.94. The molecule has 1 aromatic carbocycles. The molecule has 2 N–H and O–H groups in total. The third kappa shape index (κ3) is 7.79. The fraction of sp³-hybridized carbons (Fsp3) is 0.304. The molecule has 0 atom stereocenters. The molecule has 2 aromatic heterocycles. The maximum atomic E-state index is 5.46. The molecule has 0 unspecified atom stereocenters. The van der Waals surface area contributed by atoms with Crippen LogP contribution in [-0.2, 0) is 26.2 Å². The molecular formula is C23H30IN5O. The molecule has 0 aliphatic heterocycles. The number of pyridine rings is 1. The lowest BCUT2D eigenvalue weighted by Gasteiger charge is -2.17. The largest absolute Gasteiger partial charge is 0.468 e. The summed E-state index contributed by atoms with van der Waals surface area (Å²) in [6.45, 7) is 5.74. The molecule has 0 spiro atoms. The van der Waals surface area contributed by atoms with Crippen molar-refractivity contribution in [3.8, 4) is 0 Å². The van der Waals surface area contributed by atoms with Crippen molar-refractivity contribution < 1.29 is 4.42 Å². The molecule has 3 rings (SSSR count). The van der Waals surface area contributed by atoms with Gasteiger partial charge in [0.25, 0.3) is 0 Å². The predicted octanol–water partition coefficient (Wildman–Crippen LogP) is 4.18. The van der Waals surface area contributed by atoms with E-state index in [9.17, 15) is 0 Å². The quantitative estimate of drug-likeness (QED) is 0.252. The number of aliphatic imine (C=N–C) groups is 1. The summed E-state index contributed by atoms with van der Waals surface area (Å²) in [5.74, 6) is 1.76. The zero-order valence-electron chi connectivity index (χ0n) is 17.5. The van der Waals surface area contributed by atoms with Crippen LogP contribution in [0.3, 0.4) is 0 Å². The molecular weight excluding hydrogens is 489 g/mol. The van der Waals surface area contributed by atoms with Crippen molar-refractivity contribution in [1.29, 1.82) is 0 Å². The Hall–Kier alpha value is -2.39. The number of rotatable bonds is 9. The van der Waals surface area contributed by atoms with Gasteiger partial charge in [0.15, 0.2) is 5.96 Å². The lowest BCUT2D eigenvalue weighted by Crippen LogP contribution is -2.37. The van der Waals surface area contributed by atoms with Gasteiger partial charge in [0.05, 0.1) is 31.6 Å². The van der Waals surface area contributed by atoms with Crippen molar-refractivity contribution in [2.45, 2.75) is 33.1 Å². The number of nitrogens with zero attached hydrogens (tertiary/aromatic N) is 3. The van der Waals surface area contributed by atoms with Crippen LogP contribution in [-0.4, -0.2) is 29.4 Å². The summed E-state index contributed by atoms with van der Waals surface area (Å²) in [6, 6.07) is 18.3. The van der Waals surface area contributed by atoms with E-state index in [2.05, 4.69) is 58.8 Å². The number of hydrogen-bond acceptors (Lipinski definition) is 4. The minimum Gasteiger partial charge on any atom is -0.468 e. The van der Waals surface area contributed by atoms with Crippen LogP contribution in [0.5, 0.6) is 0 Å². The number of furan rings is 1. The van der Waals surface area contributed by atoms with Gasteiger partial charge in [0, 0.05) is 19.3 Å². The zero-order valence-corrected chi connectivity index (χ0v) is 19.9. The molecule has 0 saturated carbocycles. The number of guanidine groups is 1. The summed E-state index contributed by atoms with van der Waals surface area (Å²) in [5, 5.41) is 6.65. The number of hydrogen-bond donors (Lipinski definition) is 2. The monoisotopic (exact) mass is 519 g/mol. The Balaban J connectivity index is 0.00000320. The van der Waals surface area contributed by atoms with Gasteiger partial charge in [0.2, 0.25) is 0 Å². The molecule has 0 bridgehead atoms. The molecule has 0 fully saturated rings. The van der Waals surface area contributed by atoms with Gasteiger partial charge < -0.3 is 15.1 Å². The Bertz CT molecular complexity index is 884. The highest BCUT2D eigenvalue weighted by molar-refractivity contribution is 14.0. The van der Waals surface area contributed by atoms with E-state index in [1.807, 2.05) is 30.3 Å². The maximum Gasteiger partial charge on any atom is 0.191 e. The average Bonchev–Trinajstić information content (AvgIpc) is 3.24. The lowest BCUT2D eigenvalue weighted by atomic mass is 10.1. The van der Waals surface area contributed by atoms with Gasteiger partial charge in [0.1, 0.15) is 5.76 Å². The molecule has 6 nitrogen and oxygen atoms in total. The normalized spacial score (nSPS) is 11.2. The first-order valence-electron chi connectivity index (χ1n) is 9.94. The minimum atomic E-state index is 0. The molecule has 2 heterocycles. The molecule has 0 aliphatic rings. The van der Waals surface area contributed by atoms with Crippen LogP contribution in [0.4, 0.5) is 0 Å². The van der Waals surface area contributed by atoms with Crippen molar-refractivity contribution in [3.63, 3.8) is 0 Å². The molecule has 30 heavy (non-hydrogen) atoms. The highest BCUT2D eigenvalue weighted by Crippen LogP contribution is 2.14. The van der Waals surface area contributed by atoms with Gasteiger partial charge in [-0.15, -0.1) is 24.0 Å². The number of benzene rings is 1. The zero-order chi connectivity index (χ0) is 20.3.